The quantitative estimate of drug-likeness (QED) is 0.881. The van der Waals surface area contributed by atoms with E-state index in [0.29, 0.717) is 18.0 Å². The van der Waals surface area contributed by atoms with Crippen LogP contribution in [0, 0.1) is 0 Å². The summed E-state index contributed by atoms with van der Waals surface area (Å²) in [6.45, 7) is 0.468. The predicted octanol–water partition coefficient (Wildman–Crippen LogP) is 2.48. The lowest BCUT2D eigenvalue weighted by molar-refractivity contribution is 0.169. The van der Waals surface area contributed by atoms with Gasteiger partial charge in [-0.15, -0.1) is 0 Å². The monoisotopic (exact) mass is 263 g/mol. The molecular formula is C9H11BrClNO. The molecule has 0 aliphatic rings. The Hall–Kier alpha value is -0.0900. The first-order chi connectivity index (χ1) is 6.15. The van der Waals surface area contributed by atoms with Gasteiger partial charge >= 0.3 is 0 Å². The van der Waals surface area contributed by atoms with E-state index in [4.69, 9.17) is 17.3 Å². The molecule has 13 heavy (non-hydrogen) atoms. The van der Waals surface area contributed by atoms with E-state index >= 15 is 0 Å². The Morgan fingerprint density at radius 2 is 2.23 bits per heavy atom. The smallest absolute Gasteiger partial charge is 0.0813 e. The van der Waals surface area contributed by atoms with Crippen LogP contribution in [0.3, 0.4) is 0 Å². The number of aliphatic hydroxyl groups is 1. The number of benzene rings is 1. The molecule has 3 N–H and O–H groups in total. The van der Waals surface area contributed by atoms with E-state index in [2.05, 4.69) is 15.9 Å². The summed E-state index contributed by atoms with van der Waals surface area (Å²) in [6, 6.07) is 5.31. The molecule has 1 atom stereocenters. The van der Waals surface area contributed by atoms with Gasteiger partial charge in [0.1, 0.15) is 0 Å². The van der Waals surface area contributed by atoms with Gasteiger partial charge in [-0.25, -0.2) is 0 Å². The van der Waals surface area contributed by atoms with Crippen molar-refractivity contribution in [3.8, 4) is 0 Å². The third-order valence-corrected chi connectivity index (χ3v) is 2.68. The maximum absolute atomic E-state index is 9.64. The van der Waals surface area contributed by atoms with Crippen LogP contribution in [0.15, 0.2) is 22.7 Å². The van der Waals surface area contributed by atoms with Gasteiger partial charge in [0.25, 0.3) is 0 Å². The maximum Gasteiger partial charge on any atom is 0.0813 e. The summed E-state index contributed by atoms with van der Waals surface area (Å²) in [4.78, 5) is 0. The molecular weight excluding hydrogens is 253 g/mol. The molecule has 0 aromatic heterocycles. The summed E-state index contributed by atoms with van der Waals surface area (Å²) in [5, 5.41) is 10.3. The summed E-state index contributed by atoms with van der Waals surface area (Å²) in [5.41, 5.74) is 6.17. The van der Waals surface area contributed by atoms with Gasteiger partial charge in [-0.2, -0.15) is 0 Å². The minimum absolute atomic E-state index is 0.468. The highest BCUT2D eigenvalue weighted by Gasteiger charge is 2.09. The van der Waals surface area contributed by atoms with Crippen molar-refractivity contribution in [1.29, 1.82) is 0 Å². The minimum atomic E-state index is -0.517. The highest BCUT2D eigenvalue weighted by atomic mass is 79.9. The Kier molecular flexibility index (Phi) is 4.19. The molecule has 0 heterocycles. The van der Waals surface area contributed by atoms with E-state index in [9.17, 15) is 5.11 Å². The van der Waals surface area contributed by atoms with Gasteiger partial charge in [0.15, 0.2) is 0 Å². The van der Waals surface area contributed by atoms with Crippen molar-refractivity contribution in [2.45, 2.75) is 12.5 Å². The number of nitrogens with two attached hydrogens (primary N) is 1. The van der Waals surface area contributed by atoms with Crippen LogP contribution in [0.1, 0.15) is 18.1 Å². The first kappa shape index (κ1) is 11.0. The van der Waals surface area contributed by atoms with Crippen molar-refractivity contribution in [3.63, 3.8) is 0 Å². The summed E-state index contributed by atoms with van der Waals surface area (Å²) in [7, 11) is 0. The fraction of sp³-hybridized carbons (Fsp3) is 0.333. The SMILES string of the molecule is NCC[C@H](O)c1ccc(Cl)cc1Br. The van der Waals surface area contributed by atoms with E-state index < -0.39 is 6.10 Å². The average Bonchev–Trinajstić information content (AvgIpc) is 2.04. The number of rotatable bonds is 3. The normalized spacial score (nSPS) is 12.9. The van der Waals surface area contributed by atoms with Gasteiger partial charge in [-0.3, -0.25) is 0 Å². The van der Waals surface area contributed by atoms with E-state index in [-0.39, 0.29) is 0 Å². The molecule has 0 fully saturated rings. The second-order valence-corrected chi connectivity index (χ2v) is 4.05. The number of aliphatic hydroxyl groups excluding tert-OH is 1. The Morgan fingerprint density at radius 1 is 1.54 bits per heavy atom. The van der Waals surface area contributed by atoms with Gasteiger partial charge in [-0.1, -0.05) is 33.6 Å². The first-order valence-electron chi connectivity index (χ1n) is 3.98. The number of hydrogen-bond acceptors (Lipinski definition) is 2. The van der Waals surface area contributed by atoms with Crippen LogP contribution in [0.4, 0.5) is 0 Å². The molecule has 0 amide bonds. The molecule has 0 aliphatic carbocycles. The van der Waals surface area contributed by atoms with Crippen molar-refractivity contribution >= 4 is 27.5 Å². The highest BCUT2D eigenvalue weighted by Crippen LogP contribution is 2.27. The molecule has 4 heteroatoms. The molecule has 0 saturated heterocycles. The Bertz CT molecular complexity index is 293. The summed E-state index contributed by atoms with van der Waals surface area (Å²) >= 11 is 9.09. The molecule has 72 valence electrons. The van der Waals surface area contributed by atoms with Crippen LogP contribution < -0.4 is 5.73 Å². The molecule has 0 bridgehead atoms. The average molecular weight is 265 g/mol. The van der Waals surface area contributed by atoms with E-state index in [1.54, 1.807) is 18.2 Å². The first-order valence-corrected chi connectivity index (χ1v) is 5.15. The van der Waals surface area contributed by atoms with Crippen molar-refractivity contribution in [2.75, 3.05) is 6.54 Å². The Labute approximate surface area is 90.8 Å². The summed E-state index contributed by atoms with van der Waals surface area (Å²) < 4.78 is 0.820. The largest absolute Gasteiger partial charge is 0.388 e. The molecule has 0 radical (unpaired) electrons. The summed E-state index contributed by atoms with van der Waals surface area (Å²) in [5.74, 6) is 0. The van der Waals surface area contributed by atoms with Crippen LogP contribution in [-0.4, -0.2) is 11.7 Å². The van der Waals surface area contributed by atoms with Crippen LogP contribution in [0.2, 0.25) is 5.02 Å². The zero-order valence-corrected chi connectivity index (χ0v) is 9.35. The Balaban J connectivity index is 2.88. The van der Waals surface area contributed by atoms with Gasteiger partial charge in [0.2, 0.25) is 0 Å². The van der Waals surface area contributed by atoms with Crippen molar-refractivity contribution in [2.24, 2.45) is 5.73 Å². The van der Waals surface area contributed by atoms with Crippen LogP contribution >= 0.6 is 27.5 Å². The fourth-order valence-electron chi connectivity index (χ4n) is 1.09. The molecule has 0 spiro atoms. The van der Waals surface area contributed by atoms with Gasteiger partial charge in [0.05, 0.1) is 6.10 Å². The zero-order chi connectivity index (χ0) is 9.84. The van der Waals surface area contributed by atoms with Crippen molar-refractivity contribution in [3.05, 3.63) is 33.3 Å². The number of hydrogen-bond donors (Lipinski definition) is 2. The third kappa shape index (κ3) is 2.95. The van der Waals surface area contributed by atoms with Gasteiger partial charge in [0, 0.05) is 9.50 Å². The van der Waals surface area contributed by atoms with Crippen molar-refractivity contribution in [1.82, 2.24) is 0 Å². The molecule has 0 saturated carbocycles. The van der Waals surface area contributed by atoms with Crippen LogP contribution in [0.5, 0.6) is 0 Å². The lowest BCUT2D eigenvalue weighted by Gasteiger charge is -2.11. The third-order valence-electron chi connectivity index (χ3n) is 1.76. The molecule has 0 aliphatic heterocycles. The zero-order valence-electron chi connectivity index (χ0n) is 7.00. The second kappa shape index (κ2) is 4.96. The lowest BCUT2D eigenvalue weighted by atomic mass is 10.1. The number of halogens is 2. The highest BCUT2D eigenvalue weighted by molar-refractivity contribution is 9.10. The standard InChI is InChI=1S/C9H11BrClNO/c10-8-5-6(11)1-2-7(8)9(13)3-4-12/h1-2,5,9,13H,3-4,12H2/t9-/m0/s1. The Morgan fingerprint density at radius 3 is 2.77 bits per heavy atom. The predicted molar refractivity (Wildman–Crippen MR) is 57.8 cm³/mol. The van der Waals surface area contributed by atoms with Crippen LogP contribution in [0.25, 0.3) is 0 Å². The maximum atomic E-state index is 9.64. The van der Waals surface area contributed by atoms with Gasteiger partial charge in [-0.05, 0) is 30.7 Å². The lowest BCUT2D eigenvalue weighted by Crippen LogP contribution is -2.07. The van der Waals surface area contributed by atoms with E-state index in [1.165, 1.54) is 0 Å². The molecule has 1 aromatic rings. The molecule has 0 unspecified atom stereocenters. The van der Waals surface area contributed by atoms with Crippen LogP contribution in [-0.2, 0) is 0 Å². The van der Waals surface area contributed by atoms with E-state index in [1.807, 2.05) is 0 Å². The van der Waals surface area contributed by atoms with Gasteiger partial charge < -0.3 is 10.8 Å². The second-order valence-electron chi connectivity index (χ2n) is 2.76. The van der Waals surface area contributed by atoms with Crippen molar-refractivity contribution < 1.29 is 5.11 Å². The van der Waals surface area contributed by atoms with E-state index in [0.717, 1.165) is 10.0 Å². The molecule has 1 aromatic carbocycles. The summed E-state index contributed by atoms with van der Waals surface area (Å²) in [6.07, 6.45) is 0.0388. The molecule has 2 nitrogen and oxygen atoms in total. The fourth-order valence-corrected chi connectivity index (χ4v) is 2.03. The molecule has 1 rings (SSSR count). The topological polar surface area (TPSA) is 46.2 Å². The minimum Gasteiger partial charge on any atom is -0.388 e.